The molecule has 0 heterocycles. The molecule has 28 heavy (non-hydrogen) atoms. The van der Waals surface area contributed by atoms with Crippen molar-refractivity contribution in [2.24, 2.45) is 0 Å². The summed E-state index contributed by atoms with van der Waals surface area (Å²) in [6, 6.07) is 22.3. The van der Waals surface area contributed by atoms with Crippen LogP contribution in [0.2, 0.25) is 0 Å². The summed E-state index contributed by atoms with van der Waals surface area (Å²) in [6.45, 7) is 1.86. The molecule has 0 atom stereocenters. The number of methoxy groups -OCH3 is 1. The van der Waals surface area contributed by atoms with Crippen LogP contribution in [0.25, 0.3) is 0 Å². The van der Waals surface area contributed by atoms with Gasteiger partial charge in [0, 0.05) is 27.5 Å². The summed E-state index contributed by atoms with van der Waals surface area (Å²) >= 11 is 3.37. The summed E-state index contributed by atoms with van der Waals surface area (Å²) in [6.07, 6.45) is 1.59. The predicted octanol–water partition coefficient (Wildman–Crippen LogP) is 6.45. The molecule has 0 aliphatic carbocycles. The van der Waals surface area contributed by atoms with Crippen molar-refractivity contribution in [3.05, 3.63) is 94.6 Å². The third kappa shape index (κ3) is 5.24. The van der Waals surface area contributed by atoms with Gasteiger partial charge in [0.1, 0.15) is 5.75 Å². The second-order valence-electron chi connectivity index (χ2n) is 6.10. The van der Waals surface area contributed by atoms with Crippen LogP contribution in [0.5, 0.6) is 17.2 Å². The largest absolute Gasteiger partial charge is 0.493 e. The molecule has 142 valence electrons. The quantitative estimate of drug-likeness (QED) is 0.340. The Morgan fingerprint density at radius 1 is 0.929 bits per heavy atom. The lowest BCUT2D eigenvalue weighted by molar-refractivity contribution is 0.104. The molecule has 0 radical (unpaired) electrons. The van der Waals surface area contributed by atoms with Crippen LogP contribution in [0.15, 0.2) is 89.0 Å². The van der Waals surface area contributed by atoms with Gasteiger partial charge in [-0.05, 0) is 67.6 Å². The molecular formula is C23H20BrNO3. The number of ketones is 1. The number of rotatable bonds is 7. The summed E-state index contributed by atoms with van der Waals surface area (Å²) < 4.78 is 12.1. The Bertz CT molecular complexity index is 979. The van der Waals surface area contributed by atoms with E-state index in [1.165, 1.54) is 0 Å². The summed E-state index contributed by atoms with van der Waals surface area (Å²) in [5.74, 6) is 1.98. The van der Waals surface area contributed by atoms with E-state index in [2.05, 4.69) is 21.2 Å². The molecule has 0 aliphatic heterocycles. The van der Waals surface area contributed by atoms with Gasteiger partial charge in [0.05, 0.1) is 7.11 Å². The molecule has 3 aromatic rings. The van der Waals surface area contributed by atoms with Crippen LogP contribution in [0.3, 0.4) is 0 Å². The molecule has 0 aromatic heterocycles. The second-order valence-corrected chi connectivity index (χ2v) is 7.02. The first-order valence-corrected chi connectivity index (χ1v) is 9.50. The van der Waals surface area contributed by atoms with Gasteiger partial charge in [-0.3, -0.25) is 4.79 Å². The number of benzene rings is 3. The van der Waals surface area contributed by atoms with Crippen molar-refractivity contribution in [3.8, 4) is 17.2 Å². The number of carbonyl (C=O) groups excluding carboxylic acids is 1. The highest BCUT2D eigenvalue weighted by atomic mass is 79.9. The molecule has 0 bridgehead atoms. The molecule has 3 aromatic carbocycles. The van der Waals surface area contributed by atoms with E-state index in [1.807, 2.05) is 67.6 Å². The number of allylic oxidation sites excluding steroid dienone is 2. The summed E-state index contributed by atoms with van der Waals surface area (Å²) in [7, 11) is 1.61. The maximum atomic E-state index is 12.3. The molecule has 0 aliphatic rings. The first kappa shape index (κ1) is 19.7. The Hall–Kier alpha value is -3.05. The molecule has 0 saturated heterocycles. The van der Waals surface area contributed by atoms with E-state index < -0.39 is 0 Å². The van der Waals surface area contributed by atoms with Crippen molar-refractivity contribution in [1.82, 2.24) is 0 Å². The minimum absolute atomic E-state index is 0.0476. The van der Waals surface area contributed by atoms with E-state index >= 15 is 0 Å². The zero-order chi connectivity index (χ0) is 19.9. The fourth-order valence-corrected chi connectivity index (χ4v) is 2.86. The number of hydrogen-bond acceptors (Lipinski definition) is 4. The normalized spacial score (nSPS) is 11.0. The van der Waals surface area contributed by atoms with Crippen LogP contribution in [-0.2, 0) is 0 Å². The summed E-state index contributed by atoms with van der Waals surface area (Å²) in [4.78, 5) is 12.3. The SMILES string of the molecule is COc1ccccc1Oc1ccc(N/C(C)=C/C(=O)c2ccc(Br)cc2)cc1. The summed E-state index contributed by atoms with van der Waals surface area (Å²) in [5.41, 5.74) is 2.26. The highest BCUT2D eigenvalue weighted by molar-refractivity contribution is 9.10. The minimum Gasteiger partial charge on any atom is -0.493 e. The number of nitrogens with one attached hydrogen (secondary N) is 1. The molecule has 1 N–H and O–H groups in total. The molecule has 3 rings (SSSR count). The van der Waals surface area contributed by atoms with Crippen LogP contribution in [0.1, 0.15) is 17.3 Å². The molecule has 0 unspecified atom stereocenters. The zero-order valence-electron chi connectivity index (χ0n) is 15.6. The Balaban J connectivity index is 1.65. The van der Waals surface area contributed by atoms with Gasteiger partial charge >= 0.3 is 0 Å². The lowest BCUT2D eigenvalue weighted by atomic mass is 10.1. The first-order valence-electron chi connectivity index (χ1n) is 8.71. The number of halogens is 1. The first-order chi connectivity index (χ1) is 13.5. The van der Waals surface area contributed by atoms with Crippen molar-refractivity contribution in [2.75, 3.05) is 12.4 Å². The second kappa shape index (κ2) is 9.24. The Morgan fingerprint density at radius 2 is 1.57 bits per heavy atom. The standard InChI is InChI=1S/C23H20BrNO3/c1-16(15-21(26)17-7-9-18(24)10-8-17)25-19-11-13-20(14-12-19)28-23-6-4-3-5-22(23)27-2/h3-15,25H,1-2H3/b16-15+. The fourth-order valence-electron chi connectivity index (χ4n) is 2.59. The number of para-hydroxylation sites is 2. The van der Waals surface area contributed by atoms with Crippen LogP contribution in [0, 0.1) is 0 Å². The predicted molar refractivity (Wildman–Crippen MR) is 115 cm³/mol. The van der Waals surface area contributed by atoms with Crippen molar-refractivity contribution in [1.29, 1.82) is 0 Å². The number of hydrogen-bond donors (Lipinski definition) is 1. The van der Waals surface area contributed by atoms with Gasteiger partial charge in [-0.2, -0.15) is 0 Å². The Kier molecular flexibility index (Phi) is 6.50. The zero-order valence-corrected chi connectivity index (χ0v) is 17.2. The maximum absolute atomic E-state index is 12.3. The van der Waals surface area contributed by atoms with Gasteiger partial charge in [0.2, 0.25) is 0 Å². The van der Waals surface area contributed by atoms with E-state index in [0.29, 0.717) is 22.8 Å². The highest BCUT2D eigenvalue weighted by Gasteiger charge is 2.06. The van der Waals surface area contributed by atoms with Crippen molar-refractivity contribution in [2.45, 2.75) is 6.92 Å². The lowest BCUT2D eigenvalue weighted by Gasteiger charge is -2.11. The van der Waals surface area contributed by atoms with Gasteiger partial charge in [-0.1, -0.05) is 28.1 Å². The molecule has 5 heteroatoms. The number of carbonyl (C=O) groups is 1. The van der Waals surface area contributed by atoms with E-state index in [4.69, 9.17) is 9.47 Å². The molecule has 4 nitrogen and oxygen atoms in total. The van der Waals surface area contributed by atoms with Crippen molar-refractivity contribution < 1.29 is 14.3 Å². The van der Waals surface area contributed by atoms with E-state index in [0.717, 1.165) is 15.9 Å². The van der Waals surface area contributed by atoms with Crippen LogP contribution in [-0.4, -0.2) is 12.9 Å². The lowest BCUT2D eigenvalue weighted by Crippen LogP contribution is -2.01. The average Bonchev–Trinajstić information content (AvgIpc) is 2.70. The topological polar surface area (TPSA) is 47.6 Å². The highest BCUT2D eigenvalue weighted by Crippen LogP contribution is 2.31. The van der Waals surface area contributed by atoms with Crippen LogP contribution >= 0.6 is 15.9 Å². The molecule has 0 fully saturated rings. The van der Waals surface area contributed by atoms with E-state index in [-0.39, 0.29) is 5.78 Å². The molecule has 0 saturated carbocycles. The summed E-state index contributed by atoms with van der Waals surface area (Å²) in [5, 5.41) is 3.22. The average molecular weight is 438 g/mol. The number of anilines is 1. The van der Waals surface area contributed by atoms with Crippen molar-refractivity contribution in [3.63, 3.8) is 0 Å². The fraction of sp³-hybridized carbons (Fsp3) is 0.0870. The number of ether oxygens (including phenoxy) is 2. The van der Waals surface area contributed by atoms with Gasteiger partial charge in [-0.25, -0.2) is 0 Å². The Labute approximate surface area is 172 Å². The monoisotopic (exact) mass is 437 g/mol. The van der Waals surface area contributed by atoms with E-state index in [1.54, 1.807) is 25.3 Å². The van der Waals surface area contributed by atoms with Gasteiger partial charge < -0.3 is 14.8 Å². The molecule has 0 spiro atoms. The maximum Gasteiger partial charge on any atom is 0.187 e. The van der Waals surface area contributed by atoms with Gasteiger partial charge in [-0.15, -0.1) is 0 Å². The Morgan fingerprint density at radius 3 is 2.21 bits per heavy atom. The van der Waals surface area contributed by atoms with Gasteiger partial charge in [0.15, 0.2) is 17.3 Å². The molecular weight excluding hydrogens is 418 g/mol. The third-order valence-corrected chi connectivity index (χ3v) is 4.50. The molecule has 0 amide bonds. The minimum atomic E-state index is -0.0476. The third-order valence-electron chi connectivity index (χ3n) is 3.97. The van der Waals surface area contributed by atoms with Crippen LogP contribution in [0.4, 0.5) is 5.69 Å². The van der Waals surface area contributed by atoms with Crippen LogP contribution < -0.4 is 14.8 Å². The smallest absolute Gasteiger partial charge is 0.187 e. The van der Waals surface area contributed by atoms with Gasteiger partial charge in [0.25, 0.3) is 0 Å². The van der Waals surface area contributed by atoms with Crippen molar-refractivity contribution >= 4 is 27.4 Å². The van der Waals surface area contributed by atoms with E-state index in [9.17, 15) is 4.79 Å².